The van der Waals surface area contributed by atoms with Gasteiger partial charge in [0, 0.05) is 26.8 Å². The lowest BCUT2D eigenvalue weighted by molar-refractivity contribution is 0.0699. The lowest BCUT2D eigenvalue weighted by Crippen LogP contribution is -2.08. The van der Waals surface area contributed by atoms with Crippen LogP contribution < -0.4 is 16.0 Å². The van der Waals surface area contributed by atoms with Crippen LogP contribution in [0.25, 0.3) is 0 Å². The second kappa shape index (κ2) is 4.54. The van der Waals surface area contributed by atoms with Gasteiger partial charge in [0.25, 0.3) is 0 Å². The third kappa shape index (κ3) is 2.12. The van der Waals surface area contributed by atoms with Crippen molar-refractivity contribution in [2.24, 2.45) is 0 Å². The first-order valence-electron chi connectivity index (χ1n) is 4.58. The predicted octanol–water partition coefficient (Wildman–Crippen LogP) is 1.51. The van der Waals surface area contributed by atoms with Crippen molar-refractivity contribution in [3.05, 3.63) is 17.7 Å². The van der Waals surface area contributed by atoms with Crippen LogP contribution in [-0.2, 0) is 0 Å². The molecule has 1 aromatic rings. The molecular weight excluding hydrogens is 194 g/mol. The molecule has 82 valence electrons. The predicted molar refractivity (Wildman–Crippen MR) is 62.0 cm³/mol. The summed E-state index contributed by atoms with van der Waals surface area (Å²) < 4.78 is 0. The molecule has 0 unspecified atom stereocenters. The molecular formula is C10H15N3O2. The lowest BCUT2D eigenvalue weighted by atomic mass is 10.1. The molecule has 4 N–H and O–H groups in total. The van der Waals surface area contributed by atoms with E-state index in [0.717, 1.165) is 5.69 Å². The Balaban J connectivity index is 3.39. The summed E-state index contributed by atoms with van der Waals surface area (Å²) in [6, 6.07) is 3.51. The van der Waals surface area contributed by atoms with E-state index in [2.05, 4.69) is 16.0 Å². The van der Waals surface area contributed by atoms with Gasteiger partial charge in [0.15, 0.2) is 0 Å². The molecule has 1 aromatic carbocycles. The SMILES string of the molecule is CNc1cc(NC)c(C(=O)O)c(NC)c1. The van der Waals surface area contributed by atoms with E-state index in [1.165, 1.54) is 0 Å². The molecule has 0 bridgehead atoms. The van der Waals surface area contributed by atoms with Crippen LogP contribution in [0.15, 0.2) is 12.1 Å². The minimum Gasteiger partial charge on any atom is -0.478 e. The van der Waals surface area contributed by atoms with E-state index < -0.39 is 5.97 Å². The maximum absolute atomic E-state index is 11.1. The van der Waals surface area contributed by atoms with Gasteiger partial charge in [0.1, 0.15) is 5.56 Å². The van der Waals surface area contributed by atoms with E-state index >= 15 is 0 Å². The van der Waals surface area contributed by atoms with Crippen LogP contribution in [0, 0.1) is 0 Å². The Morgan fingerprint density at radius 3 is 1.80 bits per heavy atom. The quantitative estimate of drug-likeness (QED) is 0.605. The number of hydrogen-bond donors (Lipinski definition) is 4. The van der Waals surface area contributed by atoms with Crippen LogP contribution in [0.1, 0.15) is 10.4 Å². The van der Waals surface area contributed by atoms with Crippen LogP contribution in [0.3, 0.4) is 0 Å². The Morgan fingerprint density at radius 2 is 1.53 bits per heavy atom. The van der Waals surface area contributed by atoms with E-state index in [4.69, 9.17) is 5.11 Å². The average Bonchev–Trinajstić information content (AvgIpc) is 2.26. The van der Waals surface area contributed by atoms with E-state index in [1.54, 1.807) is 33.3 Å². The number of carboxylic acids is 1. The van der Waals surface area contributed by atoms with Crippen molar-refractivity contribution < 1.29 is 9.90 Å². The number of hydrogen-bond acceptors (Lipinski definition) is 4. The normalized spacial score (nSPS) is 9.53. The number of aromatic carboxylic acids is 1. The Bertz CT molecular complexity index is 352. The largest absolute Gasteiger partial charge is 0.478 e. The highest BCUT2D eigenvalue weighted by Crippen LogP contribution is 2.28. The van der Waals surface area contributed by atoms with Crippen LogP contribution >= 0.6 is 0 Å². The fourth-order valence-corrected chi connectivity index (χ4v) is 1.41. The van der Waals surface area contributed by atoms with Crippen molar-refractivity contribution in [1.29, 1.82) is 0 Å². The second-order valence-corrected chi connectivity index (χ2v) is 3.00. The summed E-state index contributed by atoms with van der Waals surface area (Å²) >= 11 is 0. The van der Waals surface area contributed by atoms with Gasteiger partial charge in [0.05, 0.1) is 11.4 Å². The van der Waals surface area contributed by atoms with E-state index in [1.807, 2.05) is 0 Å². The summed E-state index contributed by atoms with van der Waals surface area (Å²) in [5.74, 6) is -0.952. The van der Waals surface area contributed by atoms with Gasteiger partial charge in [-0.05, 0) is 12.1 Å². The van der Waals surface area contributed by atoms with Crippen LogP contribution in [-0.4, -0.2) is 32.2 Å². The molecule has 0 spiro atoms. The highest BCUT2D eigenvalue weighted by atomic mass is 16.4. The second-order valence-electron chi connectivity index (χ2n) is 3.00. The number of anilines is 3. The molecule has 0 aliphatic carbocycles. The zero-order chi connectivity index (χ0) is 11.4. The summed E-state index contributed by atoms with van der Waals surface area (Å²) in [5.41, 5.74) is 2.27. The molecule has 15 heavy (non-hydrogen) atoms. The third-order valence-electron chi connectivity index (χ3n) is 2.18. The highest BCUT2D eigenvalue weighted by Gasteiger charge is 2.15. The molecule has 0 amide bonds. The molecule has 0 heterocycles. The van der Waals surface area contributed by atoms with Crippen LogP contribution in [0.4, 0.5) is 17.1 Å². The zero-order valence-electron chi connectivity index (χ0n) is 9.01. The van der Waals surface area contributed by atoms with Crippen LogP contribution in [0.2, 0.25) is 0 Å². The Hall–Kier alpha value is -1.91. The summed E-state index contributed by atoms with van der Waals surface area (Å²) in [6.07, 6.45) is 0. The van der Waals surface area contributed by atoms with Gasteiger partial charge in [-0.25, -0.2) is 4.79 Å². The van der Waals surface area contributed by atoms with Crippen molar-refractivity contribution in [3.8, 4) is 0 Å². The van der Waals surface area contributed by atoms with Crippen molar-refractivity contribution in [2.75, 3.05) is 37.1 Å². The first kappa shape index (κ1) is 11.2. The van der Waals surface area contributed by atoms with Gasteiger partial charge >= 0.3 is 5.97 Å². The van der Waals surface area contributed by atoms with Gasteiger partial charge in [0.2, 0.25) is 0 Å². The molecule has 0 aliphatic heterocycles. The Morgan fingerprint density at radius 1 is 1.07 bits per heavy atom. The minimum absolute atomic E-state index is 0.249. The topological polar surface area (TPSA) is 73.4 Å². The molecule has 0 saturated heterocycles. The molecule has 0 fully saturated rings. The monoisotopic (exact) mass is 209 g/mol. The summed E-state index contributed by atoms with van der Waals surface area (Å²) in [6.45, 7) is 0. The van der Waals surface area contributed by atoms with Crippen LogP contribution in [0.5, 0.6) is 0 Å². The molecule has 5 nitrogen and oxygen atoms in total. The Kier molecular flexibility index (Phi) is 3.38. The summed E-state index contributed by atoms with van der Waals surface area (Å²) in [5, 5.41) is 17.8. The molecule has 0 aromatic heterocycles. The van der Waals surface area contributed by atoms with Gasteiger partial charge < -0.3 is 21.1 Å². The number of nitrogens with one attached hydrogen (secondary N) is 3. The smallest absolute Gasteiger partial charge is 0.339 e. The number of rotatable bonds is 4. The summed E-state index contributed by atoms with van der Waals surface area (Å²) in [7, 11) is 5.18. The first-order chi connectivity index (χ1) is 7.13. The standard InChI is InChI=1S/C10H15N3O2/c1-11-6-4-7(12-2)9(10(14)15)8(5-6)13-3/h4-5,11-13H,1-3H3,(H,14,15). The first-order valence-corrected chi connectivity index (χ1v) is 4.58. The summed E-state index contributed by atoms with van der Waals surface area (Å²) in [4.78, 5) is 11.1. The van der Waals surface area contributed by atoms with Gasteiger partial charge in [-0.3, -0.25) is 0 Å². The van der Waals surface area contributed by atoms with Crippen molar-refractivity contribution >= 4 is 23.0 Å². The molecule has 0 saturated carbocycles. The fraction of sp³-hybridized carbons (Fsp3) is 0.300. The fourth-order valence-electron chi connectivity index (χ4n) is 1.41. The van der Waals surface area contributed by atoms with Crippen molar-refractivity contribution in [2.45, 2.75) is 0 Å². The van der Waals surface area contributed by atoms with Gasteiger partial charge in [-0.2, -0.15) is 0 Å². The zero-order valence-corrected chi connectivity index (χ0v) is 9.01. The van der Waals surface area contributed by atoms with E-state index in [-0.39, 0.29) is 5.56 Å². The molecule has 5 heteroatoms. The Labute approximate surface area is 88.5 Å². The lowest BCUT2D eigenvalue weighted by Gasteiger charge is -2.13. The molecule has 0 aliphatic rings. The van der Waals surface area contributed by atoms with Gasteiger partial charge in [-0.15, -0.1) is 0 Å². The number of benzene rings is 1. The van der Waals surface area contributed by atoms with E-state index in [0.29, 0.717) is 11.4 Å². The minimum atomic E-state index is -0.952. The average molecular weight is 209 g/mol. The number of carboxylic acid groups (broad SMARTS) is 1. The molecule has 1 rings (SSSR count). The van der Waals surface area contributed by atoms with Crippen molar-refractivity contribution in [3.63, 3.8) is 0 Å². The van der Waals surface area contributed by atoms with Gasteiger partial charge in [-0.1, -0.05) is 0 Å². The number of carbonyl (C=O) groups is 1. The van der Waals surface area contributed by atoms with E-state index in [9.17, 15) is 4.79 Å². The molecule has 0 radical (unpaired) electrons. The third-order valence-corrected chi connectivity index (χ3v) is 2.18. The maximum Gasteiger partial charge on any atom is 0.339 e. The van der Waals surface area contributed by atoms with Crippen molar-refractivity contribution in [1.82, 2.24) is 0 Å². The highest BCUT2D eigenvalue weighted by molar-refractivity contribution is 6.01. The molecule has 0 atom stereocenters. The maximum atomic E-state index is 11.1.